The molecule has 0 bridgehead atoms. The van der Waals surface area contributed by atoms with Gasteiger partial charge in [0.25, 0.3) is 0 Å². The van der Waals surface area contributed by atoms with Gasteiger partial charge in [0, 0.05) is 12.5 Å². The van der Waals surface area contributed by atoms with Crippen molar-refractivity contribution in [3.8, 4) is 0 Å². The Morgan fingerprint density at radius 1 is 1.33 bits per heavy atom. The van der Waals surface area contributed by atoms with Crippen LogP contribution >= 0.6 is 0 Å². The monoisotopic (exact) mass is 173 g/mol. The lowest BCUT2D eigenvalue weighted by Crippen LogP contribution is -2.47. The molecule has 0 rings (SSSR count). The van der Waals surface area contributed by atoms with E-state index in [-0.39, 0.29) is 17.9 Å². The summed E-state index contributed by atoms with van der Waals surface area (Å²) in [4.78, 5) is 11.2. The lowest BCUT2D eigenvalue weighted by atomic mass is 10.0. The lowest BCUT2D eigenvalue weighted by Gasteiger charge is -2.15. The van der Waals surface area contributed by atoms with Crippen LogP contribution < -0.4 is 16.8 Å². The SMILES string of the molecule is CC(N)NC[C@@H](N)C(=O)C(C)C. The summed E-state index contributed by atoms with van der Waals surface area (Å²) < 4.78 is 0. The minimum Gasteiger partial charge on any atom is -0.320 e. The van der Waals surface area contributed by atoms with Gasteiger partial charge in [-0.25, -0.2) is 0 Å². The second kappa shape index (κ2) is 5.24. The summed E-state index contributed by atoms with van der Waals surface area (Å²) in [7, 11) is 0. The fraction of sp³-hybridized carbons (Fsp3) is 0.875. The van der Waals surface area contributed by atoms with E-state index in [1.54, 1.807) is 0 Å². The normalized spacial score (nSPS) is 16.2. The number of rotatable bonds is 5. The molecule has 1 unspecified atom stereocenters. The van der Waals surface area contributed by atoms with Gasteiger partial charge in [0.2, 0.25) is 0 Å². The minimum absolute atomic E-state index is 0.00474. The van der Waals surface area contributed by atoms with Crippen LogP contribution in [0.2, 0.25) is 0 Å². The average Bonchev–Trinajstić information content (AvgIpc) is 1.98. The van der Waals surface area contributed by atoms with E-state index in [0.29, 0.717) is 6.54 Å². The zero-order valence-electron chi connectivity index (χ0n) is 8.00. The van der Waals surface area contributed by atoms with Crippen LogP contribution in [0.4, 0.5) is 0 Å². The molecule has 0 aromatic carbocycles. The van der Waals surface area contributed by atoms with Gasteiger partial charge in [-0.05, 0) is 6.92 Å². The summed E-state index contributed by atoms with van der Waals surface area (Å²) in [6, 6.07) is -0.434. The van der Waals surface area contributed by atoms with Crippen molar-refractivity contribution in [2.24, 2.45) is 17.4 Å². The fourth-order valence-electron chi connectivity index (χ4n) is 0.842. The molecule has 4 nitrogen and oxygen atoms in total. The molecule has 0 saturated carbocycles. The average molecular weight is 173 g/mol. The maximum absolute atomic E-state index is 11.2. The topological polar surface area (TPSA) is 81.1 Å². The summed E-state index contributed by atoms with van der Waals surface area (Å²) in [5.41, 5.74) is 11.0. The van der Waals surface area contributed by atoms with Crippen LogP contribution in [-0.4, -0.2) is 24.5 Å². The summed E-state index contributed by atoms with van der Waals surface area (Å²) >= 11 is 0. The highest BCUT2D eigenvalue weighted by atomic mass is 16.1. The van der Waals surface area contributed by atoms with Crippen molar-refractivity contribution in [2.75, 3.05) is 6.54 Å². The maximum atomic E-state index is 11.2. The summed E-state index contributed by atoms with van der Waals surface area (Å²) in [5.74, 6) is 0.0676. The number of hydrogen-bond acceptors (Lipinski definition) is 4. The Balaban J connectivity index is 3.72. The fourth-order valence-corrected chi connectivity index (χ4v) is 0.842. The van der Waals surface area contributed by atoms with Gasteiger partial charge in [0.1, 0.15) is 0 Å². The van der Waals surface area contributed by atoms with Crippen molar-refractivity contribution in [3.05, 3.63) is 0 Å². The molecular formula is C8H19N3O. The van der Waals surface area contributed by atoms with E-state index < -0.39 is 6.04 Å². The highest BCUT2D eigenvalue weighted by Crippen LogP contribution is 1.96. The van der Waals surface area contributed by atoms with Crippen LogP contribution in [0.15, 0.2) is 0 Å². The molecule has 0 amide bonds. The van der Waals surface area contributed by atoms with Gasteiger partial charge in [-0.15, -0.1) is 0 Å². The van der Waals surface area contributed by atoms with Crippen LogP contribution in [0.3, 0.4) is 0 Å². The molecule has 0 saturated heterocycles. The van der Waals surface area contributed by atoms with E-state index in [9.17, 15) is 4.79 Å². The molecule has 0 spiro atoms. The molecule has 4 heteroatoms. The molecule has 0 fully saturated rings. The molecule has 0 aromatic heterocycles. The lowest BCUT2D eigenvalue weighted by molar-refractivity contribution is -0.123. The number of Topliss-reactive ketones (excluding diaryl/α,β-unsaturated/α-hetero) is 1. The number of ketones is 1. The van der Waals surface area contributed by atoms with E-state index in [1.807, 2.05) is 20.8 Å². The first kappa shape index (κ1) is 11.6. The maximum Gasteiger partial charge on any atom is 0.153 e. The van der Waals surface area contributed by atoms with Crippen LogP contribution in [0.5, 0.6) is 0 Å². The van der Waals surface area contributed by atoms with Crippen molar-refractivity contribution in [1.29, 1.82) is 0 Å². The molecule has 2 atom stereocenters. The standard InChI is InChI=1S/C8H19N3O/c1-5(2)8(12)7(10)4-11-6(3)9/h5-7,11H,4,9-10H2,1-3H3/t6?,7-/m1/s1. The molecule has 0 aromatic rings. The third kappa shape index (κ3) is 4.43. The molecule has 0 heterocycles. The van der Waals surface area contributed by atoms with E-state index in [2.05, 4.69) is 5.32 Å². The second-order valence-electron chi connectivity index (χ2n) is 3.36. The number of carbonyl (C=O) groups excluding carboxylic acids is 1. The summed E-state index contributed by atoms with van der Waals surface area (Å²) in [6.07, 6.45) is -0.115. The van der Waals surface area contributed by atoms with Gasteiger partial charge in [-0.2, -0.15) is 0 Å². The van der Waals surface area contributed by atoms with E-state index in [4.69, 9.17) is 11.5 Å². The molecule has 0 aliphatic rings. The van der Waals surface area contributed by atoms with Gasteiger partial charge in [0.15, 0.2) is 5.78 Å². The molecular weight excluding hydrogens is 154 g/mol. The number of carbonyl (C=O) groups is 1. The first-order valence-corrected chi connectivity index (χ1v) is 4.23. The Labute approximate surface area is 73.7 Å². The predicted octanol–water partition coefficient (Wildman–Crippen LogP) is -0.567. The van der Waals surface area contributed by atoms with Gasteiger partial charge in [-0.3, -0.25) is 4.79 Å². The first-order valence-electron chi connectivity index (χ1n) is 4.23. The van der Waals surface area contributed by atoms with Crippen LogP contribution in [0.25, 0.3) is 0 Å². The zero-order valence-corrected chi connectivity index (χ0v) is 8.00. The third-order valence-electron chi connectivity index (χ3n) is 1.59. The number of hydrogen-bond donors (Lipinski definition) is 3. The summed E-state index contributed by atoms with van der Waals surface area (Å²) in [5, 5.41) is 2.91. The highest BCUT2D eigenvalue weighted by Gasteiger charge is 2.16. The molecule has 0 aliphatic heterocycles. The molecule has 72 valence electrons. The first-order chi connectivity index (χ1) is 5.45. The third-order valence-corrected chi connectivity index (χ3v) is 1.59. The largest absolute Gasteiger partial charge is 0.320 e. The zero-order chi connectivity index (χ0) is 9.72. The van der Waals surface area contributed by atoms with Crippen LogP contribution in [-0.2, 0) is 4.79 Å². The van der Waals surface area contributed by atoms with Gasteiger partial charge >= 0.3 is 0 Å². The van der Waals surface area contributed by atoms with E-state index in [0.717, 1.165) is 0 Å². The van der Waals surface area contributed by atoms with Crippen molar-refractivity contribution in [2.45, 2.75) is 33.0 Å². The Kier molecular flexibility index (Phi) is 5.04. The molecule has 5 N–H and O–H groups in total. The minimum atomic E-state index is -0.434. The van der Waals surface area contributed by atoms with Gasteiger partial charge < -0.3 is 16.8 Å². The Bertz CT molecular complexity index is 145. The van der Waals surface area contributed by atoms with E-state index >= 15 is 0 Å². The van der Waals surface area contributed by atoms with E-state index in [1.165, 1.54) is 0 Å². The Morgan fingerprint density at radius 2 is 1.83 bits per heavy atom. The number of nitrogens with two attached hydrogens (primary N) is 2. The van der Waals surface area contributed by atoms with Gasteiger partial charge in [-0.1, -0.05) is 13.8 Å². The van der Waals surface area contributed by atoms with Crippen LogP contribution in [0, 0.1) is 5.92 Å². The molecule has 12 heavy (non-hydrogen) atoms. The smallest absolute Gasteiger partial charge is 0.153 e. The van der Waals surface area contributed by atoms with Crippen molar-refractivity contribution >= 4 is 5.78 Å². The molecule has 0 aliphatic carbocycles. The summed E-state index contributed by atoms with van der Waals surface area (Å²) in [6.45, 7) is 5.95. The predicted molar refractivity (Wildman–Crippen MR) is 49.5 cm³/mol. The highest BCUT2D eigenvalue weighted by molar-refractivity contribution is 5.85. The number of nitrogens with one attached hydrogen (secondary N) is 1. The van der Waals surface area contributed by atoms with Crippen molar-refractivity contribution in [3.63, 3.8) is 0 Å². The Hall–Kier alpha value is -0.450. The quantitative estimate of drug-likeness (QED) is 0.486. The van der Waals surface area contributed by atoms with Gasteiger partial charge in [0.05, 0.1) is 12.2 Å². The Morgan fingerprint density at radius 3 is 2.17 bits per heavy atom. The van der Waals surface area contributed by atoms with Crippen molar-refractivity contribution in [1.82, 2.24) is 5.32 Å². The molecule has 0 radical (unpaired) electrons. The van der Waals surface area contributed by atoms with Crippen molar-refractivity contribution < 1.29 is 4.79 Å². The van der Waals surface area contributed by atoms with Crippen LogP contribution in [0.1, 0.15) is 20.8 Å². The second-order valence-corrected chi connectivity index (χ2v) is 3.36.